The molecule has 1 aliphatic rings. The van der Waals surface area contributed by atoms with Crippen molar-refractivity contribution in [2.24, 2.45) is 0 Å². The van der Waals surface area contributed by atoms with Crippen LogP contribution in [0.25, 0.3) is 0 Å². The topological polar surface area (TPSA) is 24.8 Å². The van der Waals surface area contributed by atoms with Crippen molar-refractivity contribution in [1.29, 1.82) is 0 Å². The van der Waals surface area contributed by atoms with Gasteiger partial charge in [-0.2, -0.15) is 0 Å². The molecule has 23 heavy (non-hydrogen) atoms. The van der Waals surface area contributed by atoms with E-state index in [0.717, 1.165) is 42.8 Å². The normalized spacial score (nSPS) is 15.6. The summed E-state index contributed by atoms with van der Waals surface area (Å²) in [6.45, 7) is 4.78. The zero-order valence-electron chi connectivity index (χ0n) is 13.2. The fourth-order valence-electron chi connectivity index (χ4n) is 3.07. The number of amides is 1. The van der Waals surface area contributed by atoms with Gasteiger partial charge >= 0.3 is 0 Å². The molecule has 0 saturated carbocycles. The van der Waals surface area contributed by atoms with Gasteiger partial charge in [0.1, 0.15) is 6.54 Å². The highest BCUT2D eigenvalue weighted by atomic mass is 79.9. The molecule has 1 saturated heterocycles. The van der Waals surface area contributed by atoms with E-state index < -0.39 is 0 Å². The van der Waals surface area contributed by atoms with Crippen molar-refractivity contribution in [3.05, 3.63) is 70.2 Å². The van der Waals surface area contributed by atoms with Crippen LogP contribution in [0.3, 0.4) is 0 Å². The number of carbonyl (C=O) groups is 1. The van der Waals surface area contributed by atoms with E-state index in [1.165, 1.54) is 5.56 Å². The second-order valence-electron chi connectivity index (χ2n) is 6.10. The smallest absolute Gasteiger partial charge is 0.227 e. The van der Waals surface area contributed by atoms with Crippen LogP contribution < -0.4 is 4.90 Å². The highest BCUT2D eigenvalue weighted by molar-refractivity contribution is 9.10. The van der Waals surface area contributed by atoms with Crippen molar-refractivity contribution in [2.45, 2.75) is 13.0 Å². The maximum absolute atomic E-state index is 12.4. The molecule has 1 aliphatic heterocycles. The van der Waals surface area contributed by atoms with E-state index in [-0.39, 0.29) is 5.91 Å². The summed E-state index contributed by atoms with van der Waals surface area (Å²) < 4.78 is 1.13. The minimum atomic E-state index is 0.248. The maximum atomic E-state index is 12.4. The van der Waals surface area contributed by atoms with Gasteiger partial charge in [0.2, 0.25) is 5.91 Å². The molecule has 0 aliphatic carbocycles. The molecule has 1 fully saturated rings. The van der Waals surface area contributed by atoms with Crippen LogP contribution in [0.15, 0.2) is 59.1 Å². The van der Waals surface area contributed by atoms with Crippen LogP contribution in [-0.2, 0) is 17.8 Å². The van der Waals surface area contributed by atoms with E-state index in [1.807, 2.05) is 35.2 Å². The fraction of sp³-hybridized carbons (Fsp3) is 0.316. The Bertz CT molecular complexity index is 651. The van der Waals surface area contributed by atoms with Crippen molar-refractivity contribution in [1.82, 2.24) is 4.90 Å². The number of hydrogen-bond acceptors (Lipinski definition) is 1. The Hall–Kier alpha value is -1.65. The van der Waals surface area contributed by atoms with Gasteiger partial charge in [0, 0.05) is 10.0 Å². The van der Waals surface area contributed by atoms with E-state index >= 15 is 0 Å². The molecule has 3 rings (SSSR count). The number of hydrogen-bond donors (Lipinski definition) is 1. The number of quaternary nitrogens is 1. The number of carbonyl (C=O) groups excluding carboxylic acids is 1. The summed E-state index contributed by atoms with van der Waals surface area (Å²) in [4.78, 5) is 15.9. The quantitative estimate of drug-likeness (QED) is 0.869. The summed E-state index contributed by atoms with van der Waals surface area (Å²) in [7, 11) is 0. The summed E-state index contributed by atoms with van der Waals surface area (Å²) in [5.41, 5.74) is 2.44. The molecule has 1 heterocycles. The molecule has 120 valence electrons. The van der Waals surface area contributed by atoms with Crippen LogP contribution in [0.1, 0.15) is 11.1 Å². The number of rotatable bonds is 4. The molecular weight excluding hydrogens is 352 g/mol. The summed E-state index contributed by atoms with van der Waals surface area (Å²) in [6.07, 6.45) is 0.516. The Balaban J connectivity index is 1.49. The predicted octanol–water partition coefficient (Wildman–Crippen LogP) is 1.92. The minimum Gasteiger partial charge on any atom is -0.331 e. The van der Waals surface area contributed by atoms with Crippen LogP contribution in [0.2, 0.25) is 0 Å². The highest BCUT2D eigenvalue weighted by Gasteiger charge is 2.23. The molecule has 0 spiro atoms. The summed E-state index contributed by atoms with van der Waals surface area (Å²) in [5, 5.41) is 0. The number of halogens is 1. The van der Waals surface area contributed by atoms with Gasteiger partial charge in [-0.05, 0) is 17.7 Å². The average molecular weight is 374 g/mol. The van der Waals surface area contributed by atoms with Crippen LogP contribution in [0.4, 0.5) is 0 Å². The average Bonchev–Trinajstić information content (AvgIpc) is 2.56. The minimum absolute atomic E-state index is 0.248. The molecule has 0 aromatic heterocycles. The van der Waals surface area contributed by atoms with E-state index in [2.05, 4.69) is 40.2 Å². The van der Waals surface area contributed by atoms with E-state index in [0.29, 0.717) is 6.42 Å². The lowest BCUT2D eigenvalue weighted by Crippen LogP contribution is -3.13. The highest BCUT2D eigenvalue weighted by Crippen LogP contribution is 2.11. The van der Waals surface area contributed by atoms with Crippen LogP contribution in [0, 0.1) is 0 Å². The van der Waals surface area contributed by atoms with Gasteiger partial charge < -0.3 is 9.80 Å². The summed E-state index contributed by atoms with van der Waals surface area (Å²) in [5.74, 6) is 0.248. The second-order valence-corrected chi connectivity index (χ2v) is 7.02. The molecule has 3 nitrogen and oxygen atoms in total. The van der Waals surface area contributed by atoms with Gasteiger partial charge in [0.15, 0.2) is 0 Å². The number of nitrogens with zero attached hydrogens (tertiary/aromatic N) is 1. The zero-order valence-corrected chi connectivity index (χ0v) is 14.8. The Morgan fingerprint density at radius 1 is 1.00 bits per heavy atom. The van der Waals surface area contributed by atoms with Crippen LogP contribution in [-0.4, -0.2) is 37.0 Å². The van der Waals surface area contributed by atoms with Crippen LogP contribution in [0.5, 0.6) is 0 Å². The van der Waals surface area contributed by atoms with Gasteiger partial charge in [-0.25, -0.2) is 0 Å². The third-order valence-corrected chi connectivity index (χ3v) is 4.86. The third-order valence-electron chi connectivity index (χ3n) is 4.36. The standard InChI is InChI=1S/C19H21BrN2O/c20-18-8-4-7-17(13-18)15-21-9-11-22(12-10-21)19(23)14-16-5-2-1-3-6-16/h1-8,13H,9-12,14-15H2/p+1. The van der Waals surface area contributed by atoms with Gasteiger partial charge in [-0.1, -0.05) is 58.4 Å². The number of piperazine rings is 1. The number of benzene rings is 2. The largest absolute Gasteiger partial charge is 0.331 e. The molecule has 1 N–H and O–H groups in total. The molecule has 0 radical (unpaired) electrons. The van der Waals surface area contributed by atoms with Crippen molar-refractivity contribution in [3.8, 4) is 0 Å². The lowest BCUT2D eigenvalue weighted by Gasteiger charge is -2.32. The zero-order chi connectivity index (χ0) is 16.1. The molecule has 0 bridgehead atoms. The predicted molar refractivity (Wildman–Crippen MR) is 95.3 cm³/mol. The van der Waals surface area contributed by atoms with Crippen molar-refractivity contribution in [2.75, 3.05) is 26.2 Å². The van der Waals surface area contributed by atoms with Crippen LogP contribution >= 0.6 is 15.9 Å². The first-order valence-electron chi connectivity index (χ1n) is 8.10. The Kier molecular flexibility index (Phi) is 5.47. The molecule has 0 unspecified atom stereocenters. The van der Waals surface area contributed by atoms with E-state index in [1.54, 1.807) is 4.90 Å². The lowest BCUT2D eigenvalue weighted by molar-refractivity contribution is -0.917. The fourth-order valence-corrected chi connectivity index (χ4v) is 3.51. The van der Waals surface area contributed by atoms with E-state index in [4.69, 9.17) is 0 Å². The molecular formula is C19H22BrN2O+. The van der Waals surface area contributed by atoms with Gasteiger partial charge in [-0.15, -0.1) is 0 Å². The second kappa shape index (κ2) is 7.75. The molecule has 0 atom stereocenters. The molecule has 2 aromatic carbocycles. The first-order valence-corrected chi connectivity index (χ1v) is 8.90. The summed E-state index contributed by atoms with van der Waals surface area (Å²) in [6, 6.07) is 18.5. The Morgan fingerprint density at radius 2 is 1.70 bits per heavy atom. The van der Waals surface area contributed by atoms with E-state index in [9.17, 15) is 4.79 Å². The first-order chi connectivity index (χ1) is 11.2. The first kappa shape index (κ1) is 16.2. The monoisotopic (exact) mass is 373 g/mol. The van der Waals surface area contributed by atoms with Crippen molar-refractivity contribution < 1.29 is 9.69 Å². The van der Waals surface area contributed by atoms with Gasteiger partial charge in [-0.3, -0.25) is 4.79 Å². The van der Waals surface area contributed by atoms with Gasteiger partial charge in [0.05, 0.1) is 32.6 Å². The summed E-state index contributed by atoms with van der Waals surface area (Å²) >= 11 is 3.52. The third kappa shape index (κ3) is 4.66. The SMILES string of the molecule is O=C(Cc1ccccc1)N1CC[NH+](Cc2cccc(Br)c2)CC1. The van der Waals surface area contributed by atoms with Crippen molar-refractivity contribution >= 4 is 21.8 Å². The Labute approximate surface area is 146 Å². The molecule has 4 heteroatoms. The lowest BCUT2D eigenvalue weighted by atomic mass is 10.1. The van der Waals surface area contributed by atoms with Gasteiger partial charge in [0.25, 0.3) is 0 Å². The molecule has 1 amide bonds. The molecule has 2 aromatic rings. The van der Waals surface area contributed by atoms with Crippen molar-refractivity contribution in [3.63, 3.8) is 0 Å². The number of nitrogens with one attached hydrogen (secondary N) is 1. The maximum Gasteiger partial charge on any atom is 0.227 e. The Morgan fingerprint density at radius 3 is 2.39 bits per heavy atom.